The third-order valence-electron chi connectivity index (χ3n) is 3.83. The van der Waals surface area contributed by atoms with Crippen LogP contribution in [0.25, 0.3) is 5.57 Å². The Morgan fingerprint density at radius 3 is 2.61 bits per heavy atom. The minimum atomic E-state index is 0.484. The van der Waals surface area contributed by atoms with Crippen LogP contribution in [0.1, 0.15) is 25.3 Å². The molecule has 0 radical (unpaired) electrons. The number of fused-ring (bicyclic) bond motifs is 1. The fourth-order valence-electron chi connectivity index (χ4n) is 2.82. The van der Waals surface area contributed by atoms with Gasteiger partial charge in [0, 0.05) is 5.92 Å². The van der Waals surface area contributed by atoms with Gasteiger partial charge in [-0.2, -0.15) is 0 Å². The Morgan fingerprint density at radius 1 is 1.06 bits per heavy atom. The summed E-state index contributed by atoms with van der Waals surface area (Å²) in [5, 5.41) is 0. The van der Waals surface area contributed by atoms with Crippen molar-refractivity contribution in [2.75, 3.05) is 0 Å². The second-order valence-electron chi connectivity index (χ2n) is 4.95. The molecule has 0 nitrogen and oxygen atoms in total. The van der Waals surface area contributed by atoms with Crippen molar-refractivity contribution in [1.82, 2.24) is 0 Å². The molecule has 0 N–H and O–H groups in total. The Labute approximate surface area is 109 Å². The van der Waals surface area contributed by atoms with E-state index >= 15 is 0 Å². The van der Waals surface area contributed by atoms with Gasteiger partial charge in [-0.05, 0) is 24.0 Å². The molecular weight excluding hydrogens is 216 g/mol. The quantitative estimate of drug-likeness (QED) is 0.637. The number of hydrogen-bond acceptors (Lipinski definition) is 0. The van der Waals surface area contributed by atoms with E-state index in [0.29, 0.717) is 5.92 Å². The highest BCUT2D eigenvalue weighted by Crippen LogP contribution is 2.41. The molecule has 0 saturated carbocycles. The molecule has 1 unspecified atom stereocenters. The molecule has 18 heavy (non-hydrogen) atoms. The molecule has 1 aromatic rings. The molecule has 0 heterocycles. The third kappa shape index (κ3) is 1.99. The molecule has 0 heteroatoms. The van der Waals surface area contributed by atoms with Crippen LogP contribution < -0.4 is 0 Å². The molecule has 3 rings (SSSR count). The predicted molar refractivity (Wildman–Crippen MR) is 78.1 cm³/mol. The summed E-state index contributed by atoms with van der Waals surface area (Å²) < 4.78 is 0. The SMILES string of the molecule is CCC1=CC2C(=CC=CC=C2c2ccccc2)C1. The van der Waals surface area contributed by atoms with Crippen LogP contribution in [-0.4, -0.2) is 0 Å². The molecule has 0 saturated heterocycles. The standard InChI is InChI=1S/C18H18/c1-2-14-12-16-10-6-7-11-17(18(16)13-14)15-8-4-3-5-9-15/h3-11,13,18H,2,12H2,1H3. The third-order valence-corrected chi connectivity index (χ3v) is 3.83. The molecule has 0 fully saturated rings. The van der Waals surface area contributed by atoms with Crippen molar-refractivity contribution in [3.8, 4) is 0 Å². The molecule has 1 aromatic carbocycles. The summed E-state index contributed by atoms with van der Waals surface area (Å²) in [6.45, 7) is 2.25. The molecule has 2 aliphatic rings. The van der Waals surface area contributed by atoms with Gasteiger partial charge < -0.3 is 0 Å². The molecule has 0 amide bonds. The number of rotatable bonds is 2. The van der Waals surface area contributed by atoms with Gasteiger partial charge in [-0.3, -0.25) is 0 Å². The van der Waals surface area contributed by atoms with E-state index in [1.165, 1.54) is 23.1 Å². The van der Waals surface area contributed by atoms with Gasteiger partial charge in [-0.25, -0.2) is 0 Å². The Bertz CT molecular complexity index is 553. The topological polar surface area (TPSA) is 0 Å². The first-order valence-electron chi connectivity index (χ1n) is 6.71. The lowest BCUT2D eigenvalue weighted by Crippen LogP contribution is -1.99. The van der Waals surface area contributed by atoms with E-state index in [0.717, 1.165) is 6.42 Å². The van der Waals surface area contributed by atoms with Gasteiger partial charge in [0.05, 0.1) is 0 Å². The van der Waals surface area contributed by atoms with Crippen LogP contribution in [0.2, 0.25) is 0 Å². The van der Waals surface area contributed by atoms with Crippen LogP contribution in [0, 0.1) is 5.92 Å². The Kier molecular flexibility index (Phi) is 3.02. The summed E-state index contributed by atoms with van der Waals surface area (Å²) >= 11 is 0. The second-order valence-corrected chi connectivity index (χ2v) is 4.95. The van der Waals surface area contributed by atoms with Crippen molar-refractivity contribution >= 4 is 5.57 Å². The lowest BCUT2D eigenvalue weighted by molar-refractivity contribution is 0.983. The van der Waals surface area contributed by atoms with Gasteiger partial charge in [0.1, 0.15) is 0 Å². The van der Waals surface area contributed by atoms with Crippen molar-refractivity contribution in [3.63, 3.8) is 0 Å². The number of allylic oxidation sites excluding steroid dienone is 8. The van der Waals surface area contributed by atoms with Crippen LogP contribution in [0.4, 0.5) is 0 Å². The van der Waals surface area contributed by atoms with Crippen molar-refractivity contribution in [1.29, 1.82) is 0 Å². The van der Waals surface area contributed by atoms with E-state index in [1.54, 1.807) is 5.57 Å². The van der Waals surface area contributed by atoms with E-state index in [2.05, 4.69) is 67.6 Å². The molecule has 90 valence electrons. The highest BCUT2D eigenvalue weighted by Gasteiger charge is 2.24. The van der Waals surface area contributed by atoms with E-state index in [4.69, 9.17) is 0 Å². The Hall–Kier alpha value is -1.82. The van der Waals surface area contributed by atoms with Gasteiger partial charge in [0.15, 0.2) is 0 Å². The summed E-state index contributed by atoms with van der Waals surface area (Å²) in [7, 11) is 0. The molecular formula is C18H18. The van der Waals surface area contributed by atoms with Crippen LogP contribution in [0.15, 0.2) is 71.9 Å². The summed E-state index contributed by atoms with van der Waals surface area (Å²) in [6, 6.07) is 10.7. The minimum absolute atomic E-state index is 0.484. The Morgan fingerprint density at radius 2 is 1.83 bits per heavy atom. The monoisotopic (exact) mass is 234 g/mol. The lowest BCUT2D eigenvalue weighted by Gasteiger charge is -2.15. The summed E-state index contributed by atoms with van der Waals surface area (Å²) in [4.78, 5) is 0. The molecule has 0 aromatic heterocycles. The predicted octanol–water partition coefficient (Wildman–Crippen LogP) is 4.92. The van der Waals surface area contributed by atoms with E-state index in [9.17, 15) is 0 Å². The largest absolute Gasteiger partial charge is 0.0734 e. The number of benzene rings is 1. The van der Waals surface area contributed by atoms with Gasteiger partial charge in [0.25, 0.3) is 0 Å². The number of hydrogen-bond donors (Lipinski definition) is 0. The van der Waals surface area contributed by atoms with Crippen LogP contribution in [0.3, 0.4) is 0 Å². The van der Waals surface area contributed by atoms with Crippen molar-refractivity contribution in [3.05, 3.63) is 77.4 Å². The van der Waals surface area contributed by atoms with Crippen molar-refractivity contribution < 1.29 is 0 Å². The molecule has 1 atom stereocenters. The maximum atomic E-state index is 2.46. The van der Waals surface area contributed by atoms with Gasteiger partial charge in [-0.15, -0.1) is 0 Å². The summed E-state index contributed by atoms with van der Waals surface area (Å²) in [6.07, 6.45) is 13.7. The fourth-order valence-corrected chi connectivity index (χ4v) is 2.82. The fraction of sp³-hybridized carbons (Fsp3) is 0.222. The highest BCUT2D eigenvalue weighted by molar-refractivity contribution is 5.75. The van der Waals surface area contributed by atoms with Crippen molar-refractivity contribution in [2.45, 2.75) is 19.8 Å². The minimum Gasteiger partial charge on any atom is -0.0734 e. The first kappa shape index (κ1) is 11.3. The molecule has 2 aliphatic carbocycles. The maximum absolute atomic E-state index is 2.46. The smallest absolute Gasteiger partial charge is 0.0243 e. The van der Waals surface area contributed by atoms with Gasteiger partial charge >= 0.3 is 0 Å². The second kappa shape index (κ2) is 4.81. The highest BCUT2D eigenvalue weighted by atomic mass is 14.3. The van der Waals surface area contributed by atoms with E-state index in [-0.39, 0.29) is 0 Å². The average Bonchev–Trinajstić information content (AvgIpc) is 2.73. The molecule has 0 spiro atoms. The Balaban J connectivity index is 2.04. The van der Waals surface area contributed by atoms with Gasteiger partial charge in [-0.1, -0.05) is 78.8 Å². The maximum Gasteiger partial charge on any atom is 0.0243 e. The van der Waals surface area contributed by atoms with Crippen molar-refractivity contribution in [2.24, 2.45) is 5.92 Å². The van der Waals surface area contributed by atoms with Crippen LogP contribution in [-0.2, 0) is 0 Å². The van der Waals surface area contributed by atoms with E-state index < -0.39 is 0 Å². The normalized spacial score (nSPS) is 21.8. The van der Waals surface area contributed by atoms with E-state index in [1.807, 2.05) is 0 Å². The first-order chi connectivity index (χ1) is 8.88. The zero-order valence-corrected chi connectivity index (χ0v) is 10.8. The first-order valence-corrected chi connectivity index (χ1v) is 6.71. The summed E-state index contributed by atoms with van der Waals surface area (Å²) in [5.41, 5.74) is 5.88. The zero-order chi connectivity index (χ0) is 12.4. The summed E-state index contributed by atoms with van der Waals surface area (Å²) in [5.74, 6) is 0.484. The molecule has 0 aliphatic heterocycles. The van der Waals surface area contributed by atoms with Crippen LogP contribution >= 0.6 is 0 Å². The lowest BCUT2D eigenvalue weighted by atomic mass is 9.89. The molecule has 0 bridgehead atoms. The van der Waals surface area contributed by atoms with Gasteiger partial charge in [0.2, 0.25) is 0 Å². The zero-order valence-electron chi connectivity index (χ0n) is 10.8. The average molecular weight is 234 g/mol. The van der Waals surface area contributed by atoms with Crippen LogP contribution in [0.5, 0.6) is 0 Å².